The van der Waals surface area contributed by atoms with Crippen LogP contribution in [0, 0.1) is 5.82 Å². The molecule has 1 amide bonds. The number of rotatable bonds is 6. The topological polar surface area (TPSA) is 69.7 Å². The van der Waals surface area contributed by atoms with Gasteiger partial charge in [-0.25, -0.2) is 12.8 Å². The number of hydrogen-bond acceptors (Lipinski definition) is 4. The molecule has 2 aromatic carbocycles. The van der Waals surface area contributed by atoms with Crippen LogP contribution in [0.3, 0.4) is 0 Å². The first-order valence-electron chi connectivity index (χ1n) is 9.63. The second kappa shape index (κ2) is 9.02. The van der Waals surface area contributed by atoms with Crippen LogP contribution in [0.15, 0.2) is 53.4 Å². The van der Waals surface area contributed by atoms with Crippen LogP contribution in [-0.4, -0.2) is 56.3 Å². The fourth-order valence-corrected chi connectivity index (χ4v) is 4.66. The van der Waals surface area contributed by atoms with E-state index in [0.29, 0.717) is 42.7 Å². The molecule has 8 heteroatoms. The fourth-order valence-electron chi connectivity index (χ4n) is 3.24. The van der Waals surface area contributed by atoms with E-state index in [0.717, 1.165) is 5.56 Å². The number of hydrogen-bond donors (Lipinski definition) is 1. The van der Waals surface area contributed by atoms with Gasteiger partial charge in [0, 0.05) is 31.9 Å². The molecule has 1 saturated heterocycles. The van der Waals surface area contributed by atoms with Crippen LogP contribution in [-0.2, 0) is 14.8 Å². The van der Waals surface area contributed by atoms with E-state index in [4.69, 9.17) is 0 Å². The first-order valence-corrected chi connectivity index (χ1v) is 11.1. The number of anilines is 1. The molecule has 1 heterocycles. The Morgan fingerprint density at radius 1 is 1.00 bits per heavy atom. The first-order chi connectivity index (χ1) is 13.8. The van der Waals surface area contributed by atoms with E-state index in [9.17, 15) is 17.6 Å². The lowest BCUT2D eigenvalue weighted by Gasteiger charge is -2.33. The SMILES string of the molecule is CC(C)c1ccc(S(=O)(=O)N2CCN(CC(=O)Nc3ccc(F)cc3)CC2)cc1. The molecule has 156 valence electrons. The van der Waals surface area contributed by atoms with Crippen LogP contribution in [0.25, 0.3) is 0 Å². The maximum atomic E-state index is 12.9. The Hall–Kier alpha value is -2.29. The number of piperazine rings is 1. The molecule has 0 unspecified atom stereocenters. The fraction of sp³-hybridized carbons (Fsp3) is 0.381. The van der Waals surface area contributed by atoms with Gasteiger partial charge in [-0.1, -0.05) is 26.0 Å². The summed E-state index contributed by atoms with van der Waals surface area (Å²) in [6.07, 6.45) is 0. The van der Waals surface area contributed by atoms with E-state index in [-0.39, 0.29) is 18.3 Å². The first kappa shape index (κ1) is 21.4. The molecule has 1 N–H and O–H groups in total. The predicted molar refractivity (Wildman–Crippen MR) is 111 cm³/mol. The van der Waals surface area contributed by atoms with Crippen molar-refractivity contribution in [2.24, 2.45) is 0 Å². The highest BCUT2D eigenvalue weighted by Crippen LogP contribution is 2.21. The molecule has 1 aliphatic rings. The van der Waals surface area contributed by atoms with Gasteiger partial charge in [0.15, 0.2) is 0 Å². The van der Waals surface area contributed by atoms with E-state index < -0.39 is 10.0 Å². The lowest BCUT2D eigenvalue weighted by molar-refractivity contribution is -0.117. The van der Waals surface area contributed by atoms with Gasteiger partial charge in [0.2, 0.25) is 15.9 Å². The third kappa shape index (κ3) is 5.41. The number of sulfonamides is 1. The summed E-state index contributed by atoms with van der Waals surface area (Å²) in [7, 11) is -3.54. The van der Waals surface area contributed by atoms with Gasteiger partial charge in [-0.15, -0.1) is 0 Å². The Balaban J connectivity index is 1.54. The molecule has 0 spiro atoms. The van der Waals surface area contributed by atoms with Crippen molar-refractivity contribution in [3.63, 3.8) is 0 Å². The van der Waals surface area contributed by atoms with Gasteiger partial charge in [-0.3, -0.25) is 9.69 Å². The Kier molecular flexibility index (Phi) is 6.66. The van der Waals surface area contributed by atoms with Gasteiger partial charge in [0.05, 0.1) is 11.4 Å². The highest BCUT2D eigenvalue weighted by atomic mass is 32.2. The molecule has 0 atom stereocenters. The second-order valence-corrected chi connectivity index (χ2v) is 9.40. The molecular formula is C21H26FN3O3S. The average molecular weight is 420 g/mol. The molecule has 1 aliphatic heterocycles. The quantitative estimate of drug-likeness (QED) is 0.782. The summed E-state index contributed by atoms with van der Waals surface area (Å²) < 4.78 is 40.1. The van der Waals surface area contributed by atoms with E-state index in [1.807, 2.05) is 17.0 Å². The van der Waals surface area contributed by atoms with Crippen LogP contribution < -0.4 is 5.32 Å². The molecule has 0 aliphatic carbocycles. The number of nitrogens with zero attached hydrogens (tertiary/aromatic N) is 2. The molecule has 1 fully saturated rings. The molecule has 0 aromatic heterocycles. The summed E-state index contributed by atoms with van der Waals surface area (Å²) in [6.45, 7) is 5.90. The summed E-state index contributed by atoms with van der Waals surface area (Å²) >= 11 is 0. The van der Waals surface area contributed by atoms with Gasteiger partial charge in [0.25, 0.3) is 0 Å². The third-order valence-electron chi connectivity index (χ3n) is 5.01. The zero-order valence-electron chi connectivity index (χ0n) is 16.6. The van der Waals surface area contributed by atoms with E-state index in [1.165, 1.54) is 28.6 Å². The normalized spacial score (nSPS) is 16.1. The Bertz CT molecular complexity index is 936. The smallest absolute Gasteiger partial charge is 0.243 e. The van der Waals surface area contributed by atoms with E-state index in [1.54, 1.807) is 12.1 Å². The minimum Gasteiger partial charge on any atom is -0.325 e. The molecule has 3 rings (SSSR count). The van der Waals surface area contributed by atoms with Crippen LogP contribution in [0.4, 0.5) is 10.1 Å². The Morgan fingerprint density at radius 3 is 2.14 bits per heavy atom. The third-order valence-corrected chi connectivity index (χ3v) is 6.92. The van der Waals surface area contributed by atoms with Gasteiger partial charge in [0.1, 0.15) is 5.82 Å². The van der Waals surface area contributed by atoms with E-state index in [2.05, 4.69) is 19.2 Å². The van der Waals surface area contributed by atoms with Crippen LogP contribution in [0.1, 0.15) is 25.3 Å². The highest BCUT2D eigenvalue weighted by molar-refractivity contribution is 7.89. The van der Waals surface area contributed by atoms with Crippen LogP contribution >= 0.6 is 0 Å². The average Bonchev–Trinajstić information content (AvgIpc) is 2.70. The van der Waals surface area contributed by atoms with Crippen LogP contribution in [0.5, 0.6) is 0 Å². The zero-order chi connectivity index (χ0) is 21.0. The molecule has 0 bridgehead atoms. The van der Waals surface area contributed by atoms with Crippen molar-refractivity contribution >= 4 is 21.6 Å². The predicted octanol–water partition coefficient (Wildman–Crippen LogP) is 2.89. The van der Waals surface area contributed by atoms with Gasteiger partial charge in [-0.05, 0) is 47.9 Å². The molecule has 29 heavy (non-hydrogen) atoms. The Morgan fingerprint density at radius 2 is 1.59 bits per heavy atom. The van der Waals surface area contributed by atoms with Crippen molar-refractivity contribution in [1.82, 2.24) is 9.21 Å². The summed E-state index contributed by atoms with van der Waals surface area (Å²) in [5, 5.41) is 2.72. The molecular weight excluding hydrogens is 393 g/mol. The summed E-state index contributed by atoms with van der Waals surface area (Å²) in [5.74, 6) is -0.229. The monoisotopic (exact) mass is 419 g/mol. The number of benzene rings is 2. The Labute approximate surface area is 171 Å². The summed E-state index contributed by atoms with van der Waals surface area (Å²) in [5.41, 5.74) is 1.63. The van der Waals surface area contributed by atoms with Crippen molar-refractivity contribution < 1.29 is 17.6 Å². The number of carbonyl (C=O) groups excluding carboxylic acids is 1. The number of amides is 1. The minimum absolute atomic E-state index is 0.161. The number of carbonyl (C=O) groups is 1. The number of nitrogens with one attached hydrogen (secondary N) is 1. The van der Waals surface area contributed by atoms with Gasteiger partial charge >= 0.3 is 0 Å². The standard InChI is InChI=1S/C21H26FN3O3S/c1-16(2)17-3-9-20(10-4-17)29(27,28)25-13-11-24(12-14-25)15-21(26)23-19-7-5-18(22)6-8-19/h3-10,16H,11-15H2,1-2H3,(H,23,26). The van der Waals surface area contributed by atoms with Crippen molar-refractivity contribution in [1.29, 1.82) is 0 Å². The highest BCUT2D eigenvalue weighted by Gasteiger charge is 2.29. The molecule has 6 nitrogen and oxygen atoms in total. The largest absolute Gasteiger partial charge is 0.325 e. The zero-order valence-corrected chi connectivity index (χ0v) is 17.5. The van der Waals surface area contributed by atoms with Crippen molar-refractivity contribution in [2.45, 2.75) is 24.7 Å². The lowest BCUT2D eigenvalue weighted by Crippen LogP contribution is -2.50. The minimum atomic E-state index is -3.54. The lowest BCUT2D eigenvalue weighted by atomic mass is 10.0. The molecule has 0 saturated carbocycles. The second-order valence-electron chi connectivity index (χ2n) is 7.46. The van der Waals surface area contributed by atoms with Crippen molar-refractivity contribution in [3.8, 4) is 0 Å². The molecule has 0 radical (unpaired) electrons. The van der Waals surface area contributed by atoms with Gasteiger partial charge in [-0.2, -0.15) is 4.31 Å². The van der Waals surface area contributed by atoms with Crippen molar-refractivity contribution in [3.05, 3.63) is 59.9 Å². The van der Waals surface area contributed by atoms with Gasteiger partial charge < -0.3 is 5.32 Å². The van der Waals surface area contributed by atoms with Crippen molar-refractivity contribution in [2.75, 3.05) is 38.0 Å². The molecule has 2 aromatic rings. The maximum Gasteiger partial charge on any atom is 0.243 e. The van der Waals surface area contributed by atoms with E-state index >= 15 is 0 Å². The maximum absolute atomic E-state index is 12.9. The summed E-state index contributed by atoms with van der Waals surface area (Å²) in [6, 6.07) is 12.6. The number of halogens is 1. The summed E-state index contributed by atoms with van der Waals surface area (Å²) in [4.78, 5) is 14.4. The van der Waals surface area contributed by atoms with Crippen LogP contribution in [0.2, 0.25) is 0 Å².